The molecule has 174 valence electrons. The van der Waals surface area contributed by atoms with E-state index in [1.54, 1.807) is 17.9 Å². The average molecular weight is 474 g/mol. The molecule has 7 nitrogen and oxygen atoms in total. The van der Waals surface area contributed by atoms with Crippen LogP contribution in [-0.4, -0.2) is 50.1 Å². The molecule has 0 bridgehead atoms. The summed E-state index contributed by atoms with van der Waals surface area (Å²) in [4.78, 5) is 17.6. The number of aliphatic hydroxyl groups is 2. The Morgan fingerprint density at radius 3 is 2.52 bits per heavy atom. The number of carbonyl (C=O) groups is 1. The van der Waals surface area contributed by atoms with E-state index in [1.165, 1.54) is 18.2 Å². The van der Waals surface area contributed by atoms with Crippen molar-refractivity contribution in [3.8, 4) is 11.8 Å². The highest BCUT2D eigenvalue weighted by Crippen LogP contribution is 2.53. The summed E-state index contributed by atoms with van der Waals surface area (Å²) in [7, 11) is 1.77. The number of hydrogen-bond acceptors (Lipinski definition) is 5. The van der Waals surface area contributed by atoms with Crippen LogP contribution in [0.1, 0.15) is 47.8 Å². The average Bonchev–Trinajstić information content (AvgIpc) is 3.39. The first-order valence-corrected chi connectivity index (χ1v) is 11.4. The predicted molar refractivity (Wildman–Crippen MR) is 119 cm³/mol. The summed E-state index contributed by atoms with van der Waals surface area (Å²) in [5.74, 6) is 5.47. The van der Waals surface area contributed by atoms with E-state index in [1.807, 2.05) is 0 Å². The Kier molecular flexibility index (Phi) is 5.49. The van der Waals surface area contributed by atoms with Crippen molar-refractivity contribution in [1.29, 1.82) is 0 Å². The molecule has 1 aromatic heterocycles. The summed E-state index contributed by atoms with van der Waals surface area (Å²) in [6.07, 6.45) is 4.32. The number of carbonyl (C=O) groups excluding carboxylic acids is 1. The quantitative estimate of drug-likeness (QED) is 0.596. The third-order valence-corrected chi connectivity index (χ3v) is 7.28. The van der Waals surface area contributed by atoms with Crippen LogP contribution in [0.15, 0.2) is 24.5 Å². The van der Waals surface area contributed by atoms with Crippen molar-refractivity contribution in [3.63, 3.8) is 0 Å². The van der Waals surface area contributed by atoms with Crippen LogP contribution >= 0.6 is 11.6 Å². The molecule has 3 aliphatic rings. The van der Waals surface area contributed by atoms with Crippen molar-refractivity contribution in [2.75, 3.05) is 18.5 Å². The molecule has 2 aliphatic carbocycles. The first kappa shape index (κ1) is 22.4. The standard InChI is InChI=1S/C24H25ClFN3O4/c1-29-13-27-20(21(29)22(30)28-17-2-3-19(26)18(25)8-17)14-6-15-9-23(31,10-16(15)7-14)4-5-24(32)11-33-12-24/h2-3,8,13-16,31-32H,6-7,9-12H2,1H3,(H,28,30). The molecular weight excluding hydrogens is 449 g/mol. The minimum absolute atomic E-state index is 0.0609. The van der Waals surface area contributed by atoms with Gasteiger partial charge >= 0.3 is 0 Å². The predicted octanol–water partition coefficient (Wildman–Crippen LogP) is 2.86. The Labute approximate surface area is 195 Å². The van der Waals surface area contributed by atoms with Gasteiger partial charge in [-0.25, -0.2) is 9.37 Å². The van der Waals surface area contributed by atoms with Gasteiger partial charge in [-0.05, 0) is 55.7 Å². The SMILES string of the molecule is Cn1cnc(C2CC3CC(O)(C#CC4(O)COC4)CC3C2)c1C(=O)Nc1ccc(F)c(Cl)c1. The summed E-state index contributed by atoms with van der Waals surface area (Å²) in [5.41, 5.74) is -0.640. The molecule has 5 rings (SSSR count). The second kappa shape index (κ2) is 8.10. The molecule has 0 radical (unpaired) electrons. The number of fused-ring (bicyclic) bond motifs is 1. The number of hydrogen-bond donors (Lipinski definition) is 3. The highest BCUT2D eigenvalue weighted by Gasteiger charge is 2.49. The van der Waals surface area contributed by atoms with Gasteiger partial charge in [-0.15, -0.1) is 0 Å². The van der Waals surface area contributed by atoms with Crippen LogP contribution in [0.25, 0.3) is 0 Å². The molecule has 1 aliphatic heterocycles. The van der Waals surface area contributed by atoms with Crippen LogP contribution in [0.4, 0.5) is 10.1 Å². The van der Waals surface area contributed by atoms with Gasteiger partial charge in [-0.1, -0.05) is 23.4 Å². The monoisotopic (exact) mass is 473 g/mol. The first-order chi connectivity index (χ1) is 15.6. The van der Waals surface area contributed by atoms with Crippen LogP contribution in [0.2, 0.25) is 5.02 Å². The van der Waals surface area contributed by atoms with Gasteiger partial charge in [0.2, 0.25) is 0 Å². The Balaban J connectivity index is 1.29. The number of nitrogens with zero attached hydrogens (tertiary/aromatic N) is 2. The van der Waals surface area contributed by atoms with Crippen molar-refractivity contribution >= 4 is 23.2 Å². The molecule has 9 heteroatoms. The van der Waals surface area contributed by atoms with E-state index in [0.29, 0.717) is 24.2 Å². The zero-order valence-electron chi connectivity index (χ0n) is 18.1. The van der Waals surface area contributed by atoms with Gasteiger partial charge in [0, 0.05) is 18.7 Å². The van der Waals surface area contributed by atoms with Gasteiger partial charge in [0.1, 0.15) is 17.1 Å². The normalized spacial score (nSPS) is 29.7. The third kappa shape index (κ3) is 4.26. The van der Waals surface area contributed by atoms with Gasteiger partial charge in [-0.3, -0.25) is 4.79 Å². The Hall–Kier alpha value is -2.44. The van der Waals surface area contributed by atoms with E-state index in [-0.39, 0.29) is 41.9 Å². The molecule has 2 saturated carbocycles. The molecule has 2 aromatic rings. The summed E-state index contributed by atoms with van der Waals surface area (Å²) in [6, 6.07) is 4.04. The Morgan fingerprint density at radius 2 is 1.91 bits per heavy atom. The highest BCUT2D eigenvalue weighted by molar-refractivity contribution is 6.31. The third-order valence-electron chi connectivity index (χ3n) is 7.00. The fraction of sp³-hybridized carbons (Fsp3) is 0.500. The van der Waals surface area contributed by atoms with Crippen molar-refractivity contribution < 1.29 is 24.1 Å². The lowest BCUT2D eigenvalue weighted by atomic mass is 9.91. The van der Waals surface area contributed by atoms with E-state index in [4.69, 9.17) is 16.3 Å². The first-order valence-electron chi connectivity index (χ1n) is 11.0. The lowest BCUT2D eigenvalue weighted by Gasteiger charge is -2.31. The van der Waals surface area contributed by atoms with Crippen LogP contribution in [-0.2, 0) is 11.8 Å². The smallest absolute Gasteiger partial charge is 0.274 e. The molecule has 3 fully saturated rings. The number of ether oxygens (including phenoxy) is 1. The van der Waals surface area contributed by atoms with Crippen LogP contribution < -0.4 is 5.32 Å². The number of amides is 1. The maximum Gasteiger partial charge on any atom is 0.274 e. The summed E-state index contributed by atoms with van der Waals surface area (Å²) in [6.45, 7) is 0.360. The number of imidazole rings is 1. The van der Waals surface area contributed by atoms with Crippen LogP contribution in [0.5, 0.6) is 0 Å². The number of anilines is 1. The largest absolute Gasteiger partial charge is 0.378 e. The molecule has 3 N–H and O–H groups in total. The van der Waals surface area contributed by atoms with Crippen molar-refractivity contribution in [2.24, 2.45) is 18.9 Å². The number of aromatic nitrogens is 2. The molecule has 2 heterocycles. The fourth-order valence-corrected chi connectivity index (χ4v) is 5.56. The minimum atomic E-state index is -1.14. The summed E-state index contributed by atoms with van der Waals surface area (Å²) in [5, 5.41) is 23.8. The number of halogens is 2. The number of nitrogens with one attached hydrogen (secondary N) is 1. The molecule has 1 saturated heterocycles. The highest BCUT2D eigenvalue weighted by atomic mass is 35.5. The van der Waals surface area contributed by atoms with Gasteiger partial charge in [0.15, 0.2) is 5.60 Å². The van der Waals surface area contributed by atoms with Gasteiger partial charge < -0.3 is 24.8 Å². The maximum atomic E-state index is 13.4. The molecule has 33 heavy (non-hydrogen) atoms. The fourth-order valence-electron chi connectivity index (χ4n) is 5.38. The Morgan fingerprint density at radius 1 is 1.24 bits per heavy atom. The minimum Gasteiger partial charge on any atom is -0.378 e. The van der Waals surface area contributed by atoms with E-state index < -0.39 is 17.0 Å². The van der Waals surface area contributed by atoms with Crippen molar-refractivity contribution in [1.82, 2.24) is 9.55 Å². The molecule has 0 spiro atoms. The Bertz CT molecular complexity index is 1150. The molecule has 1 amide bonds. The number of rotatable bonds is 3. The second-order valence-corrected chi connectivity index (χ2v) is 9.98. The van der Waals surface area contributed by atoms with E-state index in [2.05, 4.69) is 22.1 Å². The number of aryl methyl sites for hydroxylation is 1. The molecule has 2 atom stereocenters. The topological polar surface area (TPSA) is 96.6 Å². The second-order valence-electron chi connectivity index (χ2n) is 9.58. The van der Waals surface area contributed by atoms with Crippen LogP contribution in [0.3, 0.4) is 0 Å². The van der Waals surface area contributed by atoms with Crippen molar-refractivity contribution in [2.45, 2.75) is 42.8 Å². The van der Waals surface area contributed by atoms with Crippen LogP contribution in [0, 0.1) is 29.5 Å². The van der Waals surface area contributed by atoms with E-state index in [0.717, 1.165) is 18.5 Å². The van der Waals surface area contributed by atoms with Gasteiger partial charge in [0.05, 0.1) is 30.3 Å². The number of benzene rings is 1. The molecule has 1 aromatic carbocycles. The lowest BCUT2D eigenvalue weighted by Crippen LogP contribution is -2.48. The summed E-state index contributed by atoms with van der Waals surface area (Å²) >= 11 is 5.83. The zero-order chi connectivity index (χ0) is 23.4. The van der Waals surface area contributed by atoms with Gasteiger partial charge in [0.25, 0.3) is 5.91 Å². The summed E-state index contributed by atoms with van der Waals surface area (Å²) < 4.78 is 20.1. The van der Waals surface area contributed by atoms with Crippen molar-refractivity contribution in [3.05, 3.63) is 46.8 Å². The molecular formula is C24H25ClFN3O4. The molecule has 2 unspecified atom stereocenters. The van der Waals surface area contributed by atoms with Gasteiger partial charge in [-0.2, -0.15) is 0 Å². The lowest BCUT2D eigenvalue weighted by molar-refractivity contribution is -0.141. The van der Waals surface area contributed by atoms with E-state index in [9.17, 15) is 19.4 Å². The maximum absolute atomic E-state index is 13.4. The zero-order valence-corrected chi connectivity index (χ0v) is 18.9. The van der Waals surface area contributed by atoms with E-state index >= 15 is 0 Å².